The molecule has 3 amide bonds. The molecule has 4 heterocycles. The standard InChI is InChI=1S/C36H56N5O9PS/c1-26(2)21-30-35(45)40-29(22-36(3,4)5)34(44)39(28-16-18-38(23-28)17-10-12-20-49-51(46,47)48)24-32(40)41(50-30)33(43)15-14-31-37-27(25-52-31)13-9-7-6-8-11-19-42/h14-15,25-26,28-30,32,42H,6-8,10-12,16-24H2,1-5H3,(H2,46,47,48)/b15-14+/t28-,29+,30-,32+/m1/s1. The Hall–Kier alpha value is -2.67. The van der Waals surface area contributed by atoms with Crippen LogP contribution in [0.5, 0.6) is 0 Å². The molecule has 0 unspecified atom stereocenters. The maximum atomic E-state index is 14.4. The van der Waals surface area contributed by atoms with Crippen LogP contribution in [0, 0.1) is 23.2 Å². The van der Waals surface area contributed by atoms with E-state index < -0.39 is 32.0 Å². The van der Waals surface area contributed by atoms with Gasteiger partial charge in [-0.2, -0.15) is 5.06 Å². The van der Waals surface area contributed by atoms with Crippen LogP contribution in [0.4, 0.5) is 0 Å². The van der Waals surface area contributed by atoms with Crippen molar-refractivity contribution in [2.45, 2.75) is 117 Å². The second-order valence-electron chi connectivity index (χ2n) is 15.4. The average molecular weight is 766 g/mol. The van der Waals surface area contributed by atoms with Gasteiger partial charge in [-0.05, 0) is 74.8 Å². The summed E-state index contributed by atoms with van der Waals surface area (Å²) in [5.41, 5.74) is 0.324. The molecule has 16 heteroatoms. The topological polar surface area (TPSA) is 173 Å². The summed E-state index contributed by atoms with van der Waals surface area (Å²) in [6.07, 6.45) is 7.29. The number of fused-ring (bicyclic) bond motifs is 1. The summed E-state index contributed by atoms with van der Waals surface area (Å²) < 4.78 is 15.5. The van der Waals surface area contributed by atoms with E-state index in [2.05, 4.69) is 26.2 Å². The van der Waals surface area contributed by atoms with Gasteiger partial charge in [-0.15, -0.1) is 11.3 Å². The first kappa shape index (κ1) is 42.1. The van der Waals surface area contributed by atoms with Crippen LogP contribution in [-0.2, 0) is 28.3 Å². The molecule has 0 aliphatic carbocycles. The van der Waals surface area contributed by atoms with E-state index in [-0.39, 0.29) is 48.9 Å². The second kappa shape index (κ2) is 19.1. The van der Waals surface area contributed by atoms with Gasteiger partial charge in [-0.1, -0.05) is 47.0 Å². The highest BCUT2D eigenvalue weighted by Gasteiger charge is 2.54. The first-order valence-electron chi connectivity index (χ1n) is 18.3. The zero-order valence-corrected chi connectivity index (χ0v) is 32.8. The average Bonchev–Trinajstić information content (AvgIpc) is 3.72. The van der Waals surface area contributed by atoms with Crippen LogP contribution in [-0.4, -0.2) is 121 Å². The molecule has 290 valence electrons. The Bertz CT molecular complexity index is 1510. The molecule has 0 spiro atoms. The minimum absolute atomic E-state index is 0.0349. The van der Waals surface area contributed by atoms with E-state index in [0.29, 0.717) is 55.9 Å². The number of phosphoric ester groups is 1. The minimum atomic E-state index is -4.50. The SMILES string of the molecule is CC(C)C[C@H]1ON(C(=O)/C=C/c2nc(C#CCCCCCO)cs2)[C@H]2CN([C@@H]3CCN(CCCCOP(=O)(O)O)C3)C(=O)[C@H](CC(C)(C)C)N2C1=O. The van der Waals surface area contributed by atoms with Gasteiger partial charge in [-0.25, -0.2) is 9.55 Å². The number of piperazine rings is 1. The van der Waals surface area contributed by atoms with Crippen molar-refractivity contribution in [3.8, 4) is 11.8 Å². The van der Waals surface area contributed by atoms with Crippen LogP contribution in [0.3, 0.4) is 0 Å². The highest BCUT2D eigenvalue weighted by atomic mass is 32.1. The van der Waals surface area contributed by atoms with Crippen molar-refractivity contribution in [2.24, 2.45) is 11.3 Å². The molecule has 3 fully saturated rings. The van der Waals surface area contributed by atoms with Gasteiger partial charge in [-0.3, -0.25) is 23.7 Å². The van der Waals surface area contributed by atoms with Gasteiger partial charge in [0.1, 0.15) is 16.7 Å². The summed E-state index contributed by atoms with van der Waals surface area (Å²) in [6, 6.07) is -0.907. The zero-order valence-electron chi connectivity index (χ0n) is 31.1. The number of nitrogens with zero attached hydrogens (tertiary/aromatic N) is 5. The predicted molar refractivity (Wildman–Crippen MR) is 197 cm³/mol. The fraction of sp³-hybridized carbons (Fsp3) is 0.722. The molecule has 0 saturated carbocycles. The van der Waals surface area contributed by atoms with E-state index in [1.54, 1.807) is 11.0 Å². The fourth-order valence-corrected chi connectivity index (χ4v) is 7.84. The lowest BCUT2D eigenvalue weighted by molar-refractivity contribution is -0.275. The Morgan fingerprint density at radius 2 is 1.92 bits per heavy atom. The summed E-state index contributed by atoms with van der Waals surface area (Å²) in [7, 11) is -4.50. The summed E-state index contributed by atoms with van der Waals surface area (Å²) in [4.78, 5) is 76.8. The molecule has 3 aliphatic rings. The number of rotatable bonds is 16. The summed E-state index contributed by atoms with van der Waals surface area (Å²) in [5, 5.41) is 12.7. The number of phosphoric acid groups is 1. The van der Waals surface area contributed by atoms with Crippen molar-refractivity contribution in [3.63, 3.8) is 0 Å². The minimum Gasteiger partial charge on any atom is -0.396 e. The molecule has 3 aliphatic heterocycles. The van der Waals surface area contributed by atoms with Crippen LogP contribution >= 0.6 is 19.2 Å². The molecule has 1 aromatic rings. The number of amides is 3. The zero-order chi connectivity index (χ0) is 38.1. The summed E-state index contributed by atoms with van der Waals surface area (Å²) >= 11 is 1.37. The molecule has 4 atom stereocenters. The van der Waals surface area contributed by atoms with Gasteiger partial charge in [0, 0.05) is 43.6 Å². The lowest BCUT2D eigenvalue weighted by Gasteiger charge is -2.54. The molecule has 0 bridgehead atoms. The highest BCUT2D eigenvalue weighted by Crippen LogP contribution is 2.37. The number of thiazole rings is 1. The predicted octanol–water partition coefficient (Wildman–Crippen LogP) is 4.01. The van der Waals surface area contributed by atoms with E-state index in [4.69, 9.17) is 19.7 Å². The van der Waals surface area contributed by atoms with Crippen molar-refractivity contribution in [1.82, 2.24) is 24.7 Å². The summed E-state index contributed by atoms with van der Waals surface area (Å²) in [5.74, 6) is 5.42. The van der Waals surface area contributed by atoms with Gasteiger partial charge >= 0.3 is 7.82 Å². The Balaban J connectivity index is 1.53. The number of carbonyl (C=O) groups is 3. The molecule has 0 aromatic carbocycles. The Morgan fingerprint density at radius 3 is 2.62 bits per heavy atom. The number of hydrogen-bond donors (Lipinski definition) is 3. The molecule has 14 nitrogen and oxygen atoms in total. The largest absolute Gasteiger partial charge is 0.469 e. The Labute approximate surface area is 311 Å². The van der Waals surface area contributed by atoms with Gasteiger partial charge in [0.2, 0.25) is 5.91 Å². The molecule has 3 saturated heterocycles. The first-order chi connectivity index (χ1) is 24.6. The van der Waals surface area contributed by atoms with E-state index in [9.17, 15) is 18.9 Å². The maximum Gasteiger partial charge on any atom is 0.469 e. The van der Waals surface area contributed by atoms with Crippen molar-refractivity contribution in [1.29, 1.82) is 0 Å². The van der Waals surface area contributed by atoms with Crippen molar-refractivity contribution in [3.05, 3.63) is 22.2 Å². The lowest BCUT2D eigenvalue weighted by atomic mass is 9.85. The normalized spacial score (nSPS) is 23.1. The molecular formula is C36H56N5O9PS. The number of likely N-dealkylation sites (tertiary alicyclic amines) is 1. The third-order valence-electron chi connectivity index (χ3n) is 9.22. The van der Waals surface area contributed by atoms with Crippen LogP contribution in [0.15, 0.2) is 11.5 Å². The quantitative estimate of drug-likeness (QED) is 0.0961. The third-order valence-corrected chi connectivity index (χ3v) is 10.5. The smallest absolute Gasteiger partial charge is 0.396 e. The lowest BCUT2D eigenvalue weighted by Crippen LogP contribution is -2.74. The molecule has 3 N–H and O–H groups in total. The van der Waals surface area contributed by atoms with Crippen LogP contribution in [0.2, 0.25) is 0 Å². The molecule has 1 aromatic heterocycles. The number of hydroxylamine groups is 2. The third kappa shape index (κ3) is 12.5. The number of hydrogen-bond acceptors (Lipinski definition) is 10. The van der Waals surface area contributed by atoms with Crippen LogP contribution in [0.1, 0.15) is 103 Å². The first-order valence-corrected chi connectivity index (χ1v) is 20.8. The Morgan fingerprint density at radius 1 is 1.15 bits per heavy atom. The highest BCUT2D eigenvalue weighted by molar-refractivity contribution is 7.46. The fourth-order valence-electron chi connectivity index (χ4n) is 6.83. The number of carbonyl (C=O) groups excluding carboxylic acids is 3. The maximum absolute atomic E-state index is 14.4. The van der Waals surface area contributed by atoms with Crippen molar-refractivity contribution >= 4 is 43.0 Å². The van der Waals surface area contributed by atoms with Crippen LogP contribution < -0.4 is 0 Å². The van der Waals surface area contributed by atoms with E-state index in [0.717, 1.165) is 32.2 Å². The van der Waals surface area contributed by atoms with Gasteiger partial charge < -0.3 is 29.6 Å². The number of aromatic nitrogens is 1. The molecule has 52 heavy (non-hydrogen) atoms. The van der Waals surface area contributed by atoms with Crippen molar-refractivity contribution in [2.75, 3.05) is 39.4 Å². The monoisotopic (exact) mass is 765 g/mol. The van der Waals surface area contributed by atoms with E-state index >= 15 is 0 Å². The molecular weight excluding hydrogens is 709 g/mol. The molecule has 4 rings (SSSR count). The number of aliphatic hydroxyl groups is 1. The Kier molecular flexibility index (Phi) is 15.4. The van der Waals surface area contributed by atoms with E-state index in [1.165, 1.54) is 22.5 Å². The number of aliphatic hydroxyl groups excluding tert-OH is 1. The van der Waals surface area contributed by atoms with Gasteiger partial charge in [0.15, 0.2) is 12.3 Å². The van der Waals surface area contributed by atoms with Crippen molar-refractivity contribution < 1.29 is 43.2 Å². The van der Waals surface area contributed by atoms with Gasteiger partial charge in [0.25, 0.3) is 11.8 Å². The van der Waals surface area contributed by atoms with Crippen LogP contribution in [0.25, 0.3) is 6.08 Å². The summed E-state index contributed by atoms with van der Waals surface area (Å²) in [6.45, 7) is 12.4. The number of unbranched alkanes of at least 4 members (excludes halogenated alkanes) is 4. The van der Waals surface area contributed by atoms with Gasteiger partial charge in [0.05, 0.1) is 13.2 Å². The van der Waals surface area contributed by atoms with E-state index in [1.807, 2.05) is 44.9 Å². The second-order valence-corrected chi connectivity index (χ2v) is 17.5. The molecule has 0 radical (unpaired) electrons.